The zero-order valence-corrected chi connectivity index (χ0v) is 13.6. The first-order chi connectivity index (χ1) is 9.81. The molecule has 0 amide bonds. The lowest BCUT2D eigenvalue weighted by atomic mass is 9.78. The van der Waals surface area contributed by atoms with Gasteiger partial charge in [0, 0.05) is 6.61 Å². The highest BCUT2D eigenvalue weighted by molar-refractivity contribution is 4.93. The molecule has 1 fully saturated rings. The molecule has 3 unspecified atom stereocenters. The molecule has 1 saturated carbocycles. The van der Waals surface area contributed by atoms with E-state index in [2.05, 4.69) is 19.9 Å². The Bertz CT molecular complexity index is 271. The molecule has 116 valence electrons. The van der Waals surface area contributed by atoms with Gasteiger partial charge in [-0.3, -0.25) is 0 Å². The second kappa shape index (κ2) is 11.1. The summed E-state index contributed by atoms with van der Waals surface area (Å²) >= 11 is 0. The van der Waals surface area contributed by atoms with Crippen molar-refractivity contribution >= 4 is 0 Å². The van der Waals surface area contributed by atoms with Gasteiger partial charge >= 0.3 is 0 Å². The fourth-order valence-electron chi connectivity index (χ4n) is 3.33. The van der Waals surface area contributed by atoms with Crippen molar-refractivity contribution in [1.82, 2.24) is 0 Å². The van der Waals surface area contributed by atoms with Gasteiger partial charge in [0.1, 0.15) is 0 Å². The molecule has 20 heavy (non-hydrogen) atoms. The molecule has 0 saturated heterocycles. The number of unbranched alkanes of at least 4 members (excludes halogenated alkanes) is 5. The molecule has 0 aromatic rings. The predicted octanol–water partition coefficient (Wildman–Crippen LogP) is 5.47. The molecular formula is C18H33NO. The average molecular weight is 279 g/mol. The van der Waals surface area contributed by atoms with Crippen molar-refractivity contribution < 1.29 is 4.74 Å². The highest BCUT2D eigenvalue weighted by Crippen LogP contribution is 2.33. The van der Waals surface area contributed by atoms with Gasteiger partial charge in [-0.15, -0.1) is 0 Å². The summed E-state index contributed by atoms with van der Waals surface area (Å²) in [5.41, 5.74) is 0. The minimum absolute atomic E-state index is 0.142. The number of ether oxygens (including phenoxy) is 1. The minimum Gasteiger partial charge on any atom is -0.377 e. The Morgan fingerprint density at radius 1 is 1.00 bits per heavy atom. The maximum Gasteiger partial charge on any atom is 0.0735 e. The second-order valence-electron chi connectivity index (χ2n) is 6.38. The fraction of sp³-hybridized carbons (Fsp3) is 0.944. The van der Waals surface area contributed by atoms with E-state index in [-0.39, 0.29) is 12.0 Å². The lowest BCUT2D eigenvalue weighted by molar-refractivity contribution is -0.0123. The number of hydrogen-bond donors (Lipinski definition) is 0. The smallest absolute Gasteiger partial charge is 0.0735 e. The van der Waals surface area contributed by atoms with E-state index in [1.54, 1.807) is 0 Å². The van der Waals surface area contributed by atoms with Crippen LogP contribution in [0.5, 0.6) is 0 Å². The number of nitrogens with zero attached hydrogens (tertiary/aromatic N) is 1. The van der Waals surface area contributed by atoms with E-state index < -0.39 is 0 Å². The molecule has 1 aliphatic rings. The molecule has 0 aromatic heterocycles. The maximum atomic E-state index is 9.25. The van der Waals surface area contributed by atoms with Crippen molar-refractivity contribution in [2.45, 2.75) is 90.6 Å². The van der Waals surface area contributed by atoms with Crippen LogP contribution in [-0.4, -0.2) is 12.7 Å². The van der Waals surface area contributed by atoms with E-state index in [4.69, 9.17) is 4.74 Å². The van der Waals surface area contributed by atoms with Crippen molar-refractivity contribution in [2.24, 2.45) is 11.8 Å². The minimum atomic E-state index is 0.142. The molecule has 1 rings (SSSR count). The van der Waals surface area contributed by atoms with Crippen LogP contribution in [0.25, 0.3) is 0 Å². The summed E-state index contributed by atoms with van der Waals surface area (Å²) < 4.78 is 6.05. The van der Waals surface area contributed by atoms with E-state index >= 15 is 0 Å². The van der Waals surface area contributed by atoms with Crippen LogP contribution >= 0.6 is 0 Å². The highest BCUT2D eigenvalue weighted by Gasteiger charge is 2.30. The van der Waals surface area contributed by atoms with Crippen LogP contribution in [0.3, 0.4) is 0 Å². The monoisotopic (exact) mass is 279 g/mol. The van der Waals surface area contributed by atoms with Gasteiger partial charge in [-0.2, -0.15) is 5.26 Å². The number of nitriles is 1. The van der Waals surface area contributed by atoms with Gasteiger partial charge in [0.25, 0.3) is 0 Å². The van der Waals surface area contributed by atoms with Gasteiger partial charge in [-0.1, -0.05) is 58.8 Å². The lowest BCUT2D eigenvalue weighted by Gasteiger charge is -2.32. The molecule has 0 heterocycles. The van der Waals surface area contributed by atoms with Crippen LogP contribution in [0, 0.1) is 23.2 Å². The van der Waals surface area contributed by atoms with Crippen LogP contribution in [0.4, 0.5) is 0 Å². The van der Waals surface area contributed by atoms with E-state index in [9.17, 15) is 5.26 Å². The van der Waals surface area contributed by atoms with E-state index in [0.29, 0.717) is 0 Å². The Hall–Kier alpha value is -0.550. The molecule has 0 aliphatic heterocycles. The summed E-state index contributed by atoms with van der Waals surface area (Å²) in [6.07, 6.45) is 14.0. The third-order valence-corrected chi connectivity index (χ3v) is 4.59. The second-order valence-corrected chi connectivity index (χ2v) is 6.38. The topological polar surface area (TPSA) is 33.0 Å². The molecule has 1 aliphatic carbocycles. The zero-order valence-electron chi connectivity index (χ0n) is 13.6. The average Bonchev–Trinajstić information content (AvgIpc) is 2.47. The third-order valence-electron chi connectivity index (χ3n) is 4.59. The van der Waals surface area contributed by atoms with Gasteiger partial charge in [0.2, 0.25) is 0 Å². The van der Waals surface area contributed by atoms with Crippen LogP contribution in [0.1, 0.15) is 84.5 Å². The van der Waals surface area contributed by atoms with E-state index in [0.717, 1.165) is 31.8 Å². The molecule has 0 N–H and O–H groups in total. The molecular weight excluding hydrogens is 246 g/mol. The lowest BCUT2D eigenvalue weighted by Crippen LogP contribution is -2.31. The van der Waals surface area contributed by atoms with Gasteiger partial charge in [0.05, 0.1) is 18.1 Å². The van der Waals surface area contributed by atoms with Gasteiger partial charge in [-0.25, -0.2) is 0 Å². The summed E-state index contributed by atoms with van der Waals surface area (Å²) in [4.78, 5) is 0. The van der Waals surface area contributed by atoms with Crippen LogP contribution in [-0.2, 0) is 4.74 Å². The quantitative estimate of drug-likeness (QED) is 0.497. The van der Waals surface area contributed by atoms with Crippen LogP contribution in [0.2, 0.25) is 0 Å². The van der Waals surface area contributed by atoms with Gasteiger partial charge in [0.15, 0.2) is 0 Å². The summed E-state index contributed by atoms with van der Waals surface area (Å²) in [6, 6.07) is 2.46. The summed E-state index contributed by atoms with van der Waals surface area (Å²) in [5, 5.41) is 9.25. The first-order valence-corrected chi connectivity index (χ1v) is 8.83. The standard InChI is InChI=1S/C18H33NO/c1-3-5-6-7-8-9-13-20-18-14-16(10-4-2)11-12-17(18)15-19/h16-18H,3-14H2,1-2H3. The molecule has 0 radical (unpaired) electrons. The first kappa shape index (κ1) is 17.5. The highest BCUT2D eigenvalue weighted by atomic mass is 16.5. The Morgan fingerprint density at radius 3 is 2.45 bits per heavy atom. The Morgan fingerprint density at radius 2 is 1.75 bits per heavy atom. The zero-order chi connectivity index (χ0) is 14.6. The normalized spacial score (nSPS) is 26.4. The SMILES string of the molecule is CCCCCCCCOC1CC(CCC)CCC1C#N. The Kier molecular flexibility index (Phi) is 9.75. The van der Waals surface area contributed by atoms with Crippen molar-refractivity contribution in [2.75, 3.05) is 6.61 Å². The summed E-state index contributed by atoms with van der Waals surface area (Å²) in [6.45, 7) is 5.36. The first-order valence-electron chi connectivity index (χ1n) is 8.83. The van der Waals surface area contributed by atoms with Gasteiger partial charge in [-0.05, 0) is 31.6 Å². The van der Waals surface area contributed by atoms with Crippen LogP contribution < -0.4 is 0 Å². The number of hydrogen-bond acceptors (Lipinski definition) is 2. The van der Waals surface area contributed by atoms with E-state index in [1.807, 2.05) is 0 Å². The van der Waals surface area contributed by atoms with Crippen molar-refractivity contribution in [3.8, 4) is 6.07 Å². The molecule has 2 heteroatoms. The molecule has 0 spiro atoms. The Balaban J connectivity index is 2.16. The molecule has 2 nitrogen and oxygen atoms in total. The maximum absolute atomic E-state index is 9.25. The predicted molar refractivity (Wildman–Crippen MR) is 84.5 cm³/mol. The fourth-order valence-corrected chi connectivity index (χ4v) is 3.33. The summed E-state index contributed by atoms with van der Waals surface area (Å²) in [5.74, 6) is 0.933. The Labute approximate surface area is 125 Å². The van der Waals surface area contributed by atoms with E-state index in [1.165, 1.54) is 51.4 Å². The molecule has 0 bridgehead atoms. The molecule has 0 aromatic carbocycles. The van der Waals surface area contributed by atoms with Crippen molar-refractivity contribution in [1.29, 1.82) is 5.26 Å². The van der Waals surface area contributed by atoms with Crippen LogP contribution in [0.15, 0.2) is 0 Å². The van der Waals surface area contributed by atoms with Gasteiger partial charge < -0.3 is 4.74 Å². The largest absolute Gasteiger partial charge is 0.377 e. The van der Waals surface area contributed by atoms with Crippen molar-refractivity contribution in [3.63, 3.8) is 0 Å². The van der Waals surface area contributed by atoms with Crippen molar-refractivity contribution in [3.05, 3.63) is 0 Å². The number of rotatable bonds is 10. The summed E-state index contributed by atoms with van der Waals surface area (Å²) in [7, 11) is 0. The third kappa shape index (κ3) is 6.75. The molecule has 3 atom stereocenters.